The minimum atomic E-state index is -0.920. The lowest BCUT2D eigenvalue weighted by molar-refractivity contribution is 0.0310. The summed E-state index contributed by atoms with van der Waals surface area (Å²) in [6.07, 6.45) is -0.380. The third kappa shape index (κ3) is 5.12. The van der Waals surface area contributed by atoms with Crippen molar-refractivity contribution in [2.45, 2.75) is 19.1 Å². The van der Waals surface area contributed by atoms with Crippen LogP contribution in [0.1, 0.15) is 23.0 Å². The highest BCUT2D eigenvalue weighted by atomic mass is 79.9. The van der Waals surface area contributed by atoms with E-state index in [1.807, 2.05) is 41.8 Å². The van der Waals surface area contributed by atoms with Crippen molar-refractivity contribution in [3.63, 3.8) is 0 Å². The molecule has 0 unspecified atom stereocenters. The molecule has 1 heterocycles. The molecule has 0 aliphatic carbocycles. The molecule has 6 heteroatoms. The fourth-order valence-corrected chi connectivity index (χ4v) is 3.27. The van der Waals surface area contributed by atoms with Crippen molar-refractivity contribution in [2.75, 3.05) is 13.6 Å². The minimum absolute atomic E-state index is 0.0965. The van der Waals surface area contributed by atoms with Gasteiger partial charge in [-0.05, 0) is 35.6 Å². The second kappa shape index (κ2) is 8.31. The molecule has 1 amide bonds. The van der Waals surface area contributed by atoms with Crippen molar-refractivity contribution in [1.29, 1.82) is 0 Å². The zero-order valence-corrected chi connectivity index (χ0v) is 14.6. The van der Waals surface area contributed by atoms with Gasteiger partial charge in [0.2, 0.25) is 0 Å². The molecule has 1 aromatic heterocycles. The molecular weight excluding hydrogens is 366 g/mol. The van der Waals surface area contributed by atoms with Gasteiger partial charge in [0.1, 0.15) is 0 Å². The molecule has 0 radical (unpaired) electrons. The highest BCUT2D eigenvalue weighted by Crippen LogP contribution is 2.27. The SMILES string of the molecule is CN(CC[C@@H](OCc1cccc(Br)c1)c1cccs1)C(=O)O. The summed E-state index contributed by atoms with van der Waals surface area (Å²) in [6, 6.07) is 12.0. The number of thiophene rings is 1. The van der Waals surface area contributed by atoms with Gasteiger partial charge in [0, 0.05) is 22.9 Å². The standard InChI is InChI=1S/C16H18BrNO3S/c1-18(16(19)20)8-7-14(15-6-3-9-22-15)21-11-12-4-2-5-13(17)10-12/h2-6,9-10,14H,7-8,11H2,1H3,(H,19,20)/t14-/m1/s1. The fraction of sp³-hybridized carbons (Fsp3) is 0.312. The Morgan fingerprint density at radius 1 is 1.41 bits per heavy atom. The number of hydrogen-bond donors (Lipinski definition) is 1. The molecule has 0 aliphatic rings. The van der Waals surface area contributed by atoms with Crippen LogP contribution < -0.4 is 0 Å². The summed E-state index contributed by atoms with van der Waals surface area (Å²) in [7, 11) is 1.57. The molecule has 0 aliphatic heterocycles. The third-order valence-electron chi connectivity index (χ3n) is 3.25. The van der Waals surface area contributed by atoms with E-state index in [1.54, 1.807) is 18.4 Å². The summed E-state index contributed by atoms with van der Waals surface area (Å²) in [5, 5.41) is 11.0. The van der Waals surface area contributed by atoms with Gasteiger partial charge < -0.3 is 14.7 Å². The average Bonchev–Trinajstić information content (AvgIpc) is 3.01. The van der Waals surface area contributed by atoms with Crippen LogP contribution in [0.5, 0.6) is 0 Å². The summed E-state index contributed by atoms with van der Waals surface area (Å²) in [4.78, 5) is 13.3. The molecule has 1 atom stereocenters. The molecule has 22 heavy (non-hydrogen) atoms. The lowest BCUT2D eigenvalue weighted by atomic mass is 10.2. The van der Waals surface area contributed by atoms with E-state index in [4.69, 9.17) is 9.84 Å². The van der Waals surface area contributed by atoms with Crippen LogP contribution in [-0.2, 0) is 11.3 Å². The highest BCUT2D eigenvalue weighted by Gasteiger charge is 2.16. The summed E-state index contributed by atoms with van der Waals surface area (Å²) < 4.78 is 7.05. The smallest absolute Gasteiger partial charge is 0.407 e. The second-order valence-corrected chi connectivity index (χ2v) is 6.83. The number of nitrogens with zero attached hydrogens (tertiary/aromatic N) is 1. The summed E-state index contributed by atoms with van der Waals surface area (Å²) >= 11 is 5.08. The minimum Gasteiger partial charge on any atom is -0.465 e. The van der Waals surface area contributed by atoms with Crippen molar-refractivity contribution >= 4 is 33.4 Å². The second-order valence-electron chi connectivity index (χ2n) is 4.94. The van der Waals surface area contributed by atoms with Gasteiger partial charge in [-0.15, -0.1) is 11.3 Å². The Kier molecular flexibility index (Phi) is 6.42. The van der Waals surface area contributed by atoms with E-state index >= 15 is 0 Å². The van der Waals surface area contributed by atoms with Gasteiger partial charge in [0.15, 0.2) is 0 Å². The van der Waals surface area contributed by atoms with Crippen LogP contribution in [-0.4, -0.2) is 29.7 Å². The first kappa shape index (κ1) is 17.0. The molecule has 2 rings (SSSR count). The van der Waals surface area contributed by atoms with Gasteiger partial charge in [-0.2, -0.15) is 0 Å². The molecular formula is C16H18BrNO3S. The van der Waals surface area contributed by atoms with Crippen LogP contribution in [0.15, 0.2) is 46.3 Å². The Morgan fingerprint density at radius 3 is 2.86 bits per heavy atom. The predicted molar refractivity (Wildman–Crippen MR) is 91.3 cm³/mol. The first-order valence-corrected chi connectivity index (χ1v) is 8.57. The molecule has 2 aromatic rings. The van der Waals surface area contributed by atoms with Gasteiger partial charge in [-0.1, -0.05) is 34.1 Å². The number of carboxylic acid groups (broad SMARTS) is 1. The van der Waals surface area contributed by atoms with Crippen LogP contribution in [0.2, 0.25) is 0 Å². The number of amides is 1. The van der Waals surface area contributed by atoms with E-state index in [1.165, 1.54) is 4.90 Å². The van der Waals surface area contributed by atoms with E-state index in [9.17, 15) is 4.79 Å². The van der Waals surface area contributed by atoms with Gasteiger partial charge >= 0.3 is 6.09 Å². The quantitative estimate of drug-likeness (QED) is 0.748. The fourth-order valence-electron chi connectivity index (χ4n) is 2.01. The third-order valence-corrected chi connectivity index (χ3v) is 4.71. The Morgan fingerprint density at radius 2 is 2.23 bits per heavy atom. The Bertz CT molecular complexity index is 603. The van der Waals surface area contributed by atoms with E-state index < -0.39 is 6.09 Å². The molecule has 118 valence electrons. The molecule has 1 N–H and O–H groups in total. The molecule has 0 spiro atoms. The largest absolute Gasteiger partial charge is 0.465 e. The van der Waals surface area contributed by atoms with Crippen molar-refractivity contribution in [1.82, 2.24) is 4.90 Å². The van der Waals surface area contributed by atoms with Crippen molar-refractivity contribution in [3.05, 3.63) is 56.7 Å². The molecule has 4 nitrogen and oxygen atoms in total. The maximum Gasteiger partial charge on any atom is 0.407 e. The Hall–Kier alpha value is -1.37. The predicted octanol–water partition coefficient (Wildman–Crippen LogP) is 4.77. The summed E-state index contributed by atoms with van der Waals surface area (Å²) in [5.74, 6) is 0. The molecule has 0 saturated heterocycles. The molecule has 1 aromatic carbocycles. The topological polar surface area (TPSA) is 49.8 Å². The van der Waals surface area contributed by atoms with Crippen LogP contribution in [0.4, 0.5) is 4.79 Å². The maximum absolute atomic E-state index is 10.9. The van der Waals surface area contributed by atoms with Crippen LogP contribution in [0.3, 0.4) is 0 Å². The molecule has 0 bridgehead atoms. The first-order chi connectivity index (χ1) is 10.6. The Balaban J connectivity index is 1.97. The highest BCUT2D eigenvalue weighted by molar-refractivity contribution is 9.10. The van der Waals surface area contributed by atoms with Gasteiger partial charge in [-0.25, -0.2) is 4.79 Å². The van der Waals surface area contributed by atoms with Crippen LogP contribution in [0.25, 0.3) is 0 Å². The first-order valence-electron chi connectivity index (χ1n) is 6.90. The lowest BCUT2D eigenvalue weighted by Gasteiger charge is -2.20. The normalized spacial score (nSPS) is 12.1. The van der Waals surface area contributed by atoms with Gasteiger partial charge in [-0.3, -0.25) is 0 Å². The van der Waals surface area contributed by atoms with Gasteiger partial charge in [0.25, 0.3) is 0 Å². The van der Waals surface area contributed by atoms with Gasteiger partial charge in [0.05, 0.1) is 12.7 Å². The van der Waals surface area contributed by atoms with Crippen LogP contribution in [0, 0.1) is 0 Å². The summed E-state index contributed by atoms with van der Waals surface area (Å²) in [6.45, 7) is 0.940. The van der Waals surface area contributed by atoms with E-state index in [0.717, 1.165) is 14.9 Å². The number of rotatable bonds is 7. The monoisotopic (exact) mass is 383 g/mol. The molecule has 0 fully saturated rings. The number of ether oxygens (including phenoxy) is 1. The Labute approximate surface area is 142 Å². The van der Waals surface area contributed by atoms with Crippen molar-refractivity contribution < 1.29 is 14.6 Å². The summed E-state index contributed by atoms with van der Waals surface area (Å²) in [5.41, 5.74) is 1.09. The number of halogens is 1. The molecule has 0 saturated carbocycles. The van der Waals surface area contributed by atoms with E-state index in [2.05, 4.69) is 15.9 Å². The van der Waals surface area contributed by atoms with Crippen molar-refractivity contribution in [3.8, 4) is 0 Å². The van der Waals surface area contributed by atoms with Crippen molar-refractivity contribution in [2.24, 2.45) is 0 Å². The maximum atomic E-state index is 10.9. The van der Waals surface area contributed by atoms with E-state index in [-0.39, 0.29) is 6.10 Å². The zero-order valence-electron chi connectivity index (χ0n) is 12.2. The number of benzene rings is 1. The number of carbonyl (C=O) groups is 1. The average molecular weight is 384 g/mol. The number of hydrogen-bond acceptors (Lipinski definition) is 3. The zero-order chi connectivity index (χ0) is 15.9. The van der Waals surface area contributed by atoms with Crippen LogP contribution >= 0.6 is 27.3 Å². The lowest BCUT2D eigenvalue weighted by Crippen LogP contribution is -2.27. The van der Waals surface area contributed by atoms with E-state index in [0.29, 0.717) is 19.6 Å².